The van der Waals surface area contributed by atoms with Gasteiger partial charge in [0.05, 0.1) is 19.2 Å². The molecule has 0 aliphatic heterocycles. The van der Waals surface area contributed by atoms with Crippen molar-refractivity contribution in [2.45, 2.75) is 36.1 Å². The Balaban J connectivity index is 2.05. The van der Waals surface area contributed by atoms with Gasteiger partial charge in [-0.05, 0) is 47.7 Å². The van der Waals surface area contributed by atoms with Crippen LogP contribution in [0.2, 0.25) is 5.02 Å². The van der Waals surface area contributed by atoms with Crippen LogP contribution < -0.4 is 0 Å². The molecular formula is C11H13Br2ClOS. The molecule has 16 heavy (non-hydrogen) atoms. The Bertz CT molecular complexity index is 351. The Kier molecular flexibility index (Phi) is 4.39. The molecule has 1 nitrogen and oxygen atoms in total. The fourth-order valence-electron chi connectivity index (χ4n) is 2.01. The summed E-state index contributed by atoms with van der Waals surface area (Å²) in [4.78, 5) is 1.60. The van der Waals surface area contributed by atoms with Gasteiger partial charge in [-0.2, -0.15) is 0 Å². The SMILES string of the molecule is COC1(CC(Br)c2cc(Cl)c(Br)s2)CCC1. The second kappa shape index (κ2) is 5.27. The average molecular weight is 389 g/mol. The summed E-state index contributed by atoms with van der Waals surface area (Å²) in [6.45, 7) is 0. The summed E-state index contributed by atoms with van der Waals surface area (Å²) < 4.78 is 6.64. The molecule has 2 rings (SSSR count). The van der Waals surface area contributed by atoms with E-state index in [-0.39, 0.29) is 5.60 Å². The van der Waals surface area contributed by atoms with E-state index < -0.39 is 0 Å². The highest BCUT2D eigenvalue weighted by molar-refractivity contribution is 9.11. The van der Waals surface area contributed by atoms with Gasteiger partial charge in [-0.3, -0.25) is 0 Å². The van der Waals surface area contributed by atoms with Crippen LogP contribution in [0.3, 0.4) is 0 Å². The van der Waals surface area contributed by atoms with E-state index in [1.807, 2.05) is 13.2 Å². The molecule has 0 aromatic carbocycles. The van der Waals surface area contributed by atoms with E-state index in [9.17, 15) is 0 Å². The first-order valence-corrected chi connectivity index (χ1v) is 8.10. The standard InChI is InChI=1S/C11H13Br2ClOS/c1-15-11(3-2-4-11)6-7(12)9-5-8(14)10(13)16-9/h5,7H,2-4,6H2,1H3. The number of hydrogen-bond donors (Lipinski definition) is 0. The number of halogens is 3. The minimum atomic E-state index is 0.0944. The minimum Gasteiger partial charge on any atom is -0.378 e. The summed E-state index contributed by atoms with van der Waals surface area (Å²) in [5.74, 6) is 0. The van der Waals surface area contributed by atoms with Gasteiger partial charge in [-0.15, -0.1) is 11.3 Å². The maximum Gasteiger partial charge on any atom is 0.0887 e. The molecule has 0 saturated heterocycles. The normalized spacial score (nSPS) is 20.5. The van der Waals surface area contributed by atoms with Crippen molar-refractivity contribution in [1.29, 1.82) is 0 Å². The summed E-state index contributed by atoms with van der Waals surface area (Å²) in [6.07, 6.45) is 4.65. The lowest BCUT2D eigenvalue weighted by Crippen LogP contribution is -2.39. The molecule has 0 N–H and O–H groups in total. The van der Waals surface area contributed by atoms with Crippen LogP contribution in [0.5, 0.6) is 0 Å². The highest BCUT2D eigenvalue weighted by Gasteiger charge is 2.39. The third-order valence-corrected chi connectivity index (χ3v) is 6.93. The molecule has 1 aromatic rings. The molecule has 0 bridgehead atoms. The molecule has 90 valence electrons. The first kappa shape index (κ1) is 13.3. The van der Waals surface area contributed by atoms with E-state index in [2.05, 4.69) is 31.9 Å². The average Bonchev–Trinajstić information content (AvgIpc) is 2.53. The van der Waals surface area contributed by atoms with Crippen molar-refractivity contribution in [2.75, 3.05) is 7.11 Å². The van der Waals surface area contributed by atoms with E-state index in [4.69, 9.17) is 16.3 Å². The van der Waals surface area contributed by atoms with E-state index >= 15 is 0 Å². The zero-order valence-electron chi connectivity index (χ0n) is 8.93. The highest BCUT2D eigenvalue weighted by Crippen LogP contribution is 2.47. The topological polar surface area (TPSA) is 9.23 Å². The predicted octanol–water partition coefficient (Wildman–Crippen LogP) is 5.56. The molecule has 0 radical (unpaired) electrons. The molecule has 1 saturated carbocycles. The van der Waals surface area contributed by atoms with E-state index in [1.54, 1.807) is 11.3 Å². The summed E-state index contributed by atoms with van der Waals surface area (Å²) in [7, 11) is 1.82. The first-order valence-electron chi connectivity index (χ1n) is 5.20. The van der Waals surface area contributed by atoms with Gasteiger partial charge in [0.1, 0.15) is 0 Å². The van der Waals surface area contributed by atoms with Gasteiger partial charge in [-0.25, -0.2) is 0 Å². The van der Waals surface area contributed by atoms with Gasteiger partial charge in [-0.1, -0.05) is 27.5 Å². The van der Waals surface area contributed by atoms with E-state index in [0.717, 1.165) is 15.2 Å². The number of methoxy groups -OCH3 is 1. The lowest BCUT2D eigenvalue weighted by atomic mass is 9.76. The van der Waals surface area contributed by atoms with Crippen LogP contribution in [0.4, 0.5) is 0 Å². The van der Waals surface area contributed by atoms with Crippen LogP contribution in [0.25, 0.3) is 0 Å². The van der Waals surface area contributed by atoms with Crippen LogP contribution in [0.1, 0.15) is 35.4 Å². The van der Waals surface area contributed by atoms with Crippen molar-refractivity contribution in [2.24, 2.45) is 0 Å². The van der Waals surface area contributed by atoms with Crippen LogP contribution in [0.15, 0.2) is 9.85 Å². The third-order valence-electron chi connectivity index (χ3n) is 3.22. The molecule has 1 unspecified atom stereocenters. The Morgan fingerprint density at radius 2 is 2.31 bits per heavy atom. The van der Waals surface area contributed by atoms with Crippen LogP contribution in [-0.4, -0.2) is 12.7 Å². The molecule has 5 heteroatoms. The maximum atomic E-state index is 6.04. The molecule has 1 aliphatic rings. The largest absolute Gasteiger partial charge is 0.378 e. The number of rotatable bonds is 4. The molecule has 1 aliphatic carbocycles. The molecule has 1 heterocycles. The fraction of sp³-hybridized carbons (Fsp3) is 0.636. The summed E-state index contributed by atoms with van der Waals surface area (Å²) in [5, 5.41) is 0.796. The molecule has 1 aromatic heterocycles. The zero-order valence-corrected chi connectivity index (χ0v) is 13.7. The van der Waals surface area contributed by atoms with Gasteiger partial charge in [0.15, 0.2) is 0 Å². The van der Waals surface area contributed by atoms with Gasteiger partial charge >= 0.3 is 0 Å². The number of alkyl halides is 1. The van der Waals surface area contributed by atoms with Gasteiger partial charge in [0, 0.05) is 12.0 Å². The Morgan fingerprint density at radius 3 is 2.69 bits per heavy atom. The first-order chi connectivity index (χ1) is 7.56. The quantitative estimate of drug-likeness (QED) is 0.614. The zero-order chi connectivity index (χ0) is 11.8. The predicted molar refractivity (Wildman–Crippen MR) is 76.9 cm³/mol. The molecular weight excluding hydrogens is 375 g/mol. The smallest absolute Gasteiger partial charge is 0.0887 e. The monoisotopic (exact) mass is 386 g/mol. The molecule has 0 amide bonds. The number of ether oxygens (including phenoxy) is 1. The summed E-state index contributed by atoms with van der Waals surface area (Å²) in [5.41, 5.74) is 0.0944. The van der Waals surface area contributed by atoms with Crippen LogP contribution >= 0.6 is 54.8 Å². The van der Waals surface area contributed by atoms with E-state index in [0.29, 0.717) is 4.83 Å². The van der Waals surface area contributed by atoms with Crippen molar-refractivity contribution in [3.8, 4) is 0 Å². The maximum absolute atomic E-state index is 6.04. The molecule has 1 atom stereocenters. The lowest BCUT2D eigenvalue weighted by molar-refractivity contribution is -0.0772. The van der Waals surface area contributed by atoms with Crippen LogP contribution in [0, 0.1) is 0 Å². The minimum absolute atomic E-state index is 0.0944. The van der Waals surface area contributed by atoms with Crippen molar-refractivity contribution >= 4 is 54.8 Å². The second-order valence-electron chi connectivity index (χ2n) is 4.18. The lowest BCUT2D eigenvalue weighted by Gasteiger charge is -2.41. The van der Waals surface area contributed by atoms with E-state index in [1.165, 1.54) is 24.1 Å². The van der Waals surface area contributed by atoms with Gasteiger partial charge < -0.3 is 4.74 Å². The summed E-state index contributed by atoms with van der Waals surface area (Å²) >= 11 is 14.9. The van der Waals surface area contributed by atoms with Crippen molar-refractivity contribution in [3.05, 3.63) is 19.8 Å². The Hall–Kier alpha value is 0.910. The fourth-order valence-corrected chi connectivity index (χ4v) is 4.73. The summed E-state index contributed by atoms with van der Waals surface area (Å²) in [6, 6.07) is 2.03. The number of thiophene rings is 1. The molecule has 0 spiro atoms. The van der Waals surface area contributed by atoms with Crippen molar-refractivity contribution in [3.63, 3.8) is 0 Å². The van der Waals surface area contributed by atoms with Gasteiger partial charge in [0.25, 0.3) is 0 Å². The van der Waals surface area contributed by atoms with Crippen LogP contribution in [-0.2, 0) is 4.74 Å². The van der Waals surface area contributed by atoms with Crippen molar-refractivity contribution in [1.82, 2.24) is 0 Å². The number of hydrogen-bond acceptors (Lipinski definition) is 2. The Morgan fingerprint density at radius 1 is 1.62 bits per heavy atom. The highest BCUT2D eigenvalue weighted by atomic mass is 79.9. The van der Waals surface area contributed by atoms with Crippen molar-refractivity contribution < 1.29 is 4.74 Å². The van der Waals surface area contributed by atoms with Gasteiger partial charge in [0.2, 0.25) is 0 Å². The second-order valence-corrected chi connectivity index (χ2v) is 8.10. The third kappa shape index (κ3) is 2.66. The molecule has 1 fully saturated rings. The Labute approximate surface area is 122 Å².